The molecule has 1 heterocycles. The molecule has 0 amide bonds. The quantitative estimate of drug-likeness (QED) is 0.383. The van der Waals surface area contributed by atoms with E-state index in [0.29, 0.717) is 25.2 Å². The second-order valence-corrected chi connectivity index (χ2v) is 11.1. The van der Waals surface area contributed by atoms with E-state index in [4.69, 9.17) is 4.74 Å². The molecule has 0 saturated heterocycles. The van der Waals surface area contributed by atoms with Crippen LogP contribution < -0.4 is 4.74 Å². The molecule has 176 valence electrons. The average molecular weight is 585 g/mol. The lowest BCUT2D eigenvalue weighted by Crippen LogP contribution is -2.37. The molecule has 0 saturated carbocycles. The smallest absolute Gasteiger partial charge is 0.161 e. The molecule has 0 unspecified atom stereocenters. The van der Waals surface area contributed by atoms with E-state index >= 15 is 0 Å². The van der Waals surface area contributed by atoms with Crippen molar-refractivity contribution in [1.82, 2.24) is 4.90 Å². The fraction of sp³-hybridized carbons (Fsp3) is 0.357. The van der Waals surface area contributed by atoms with Gasteiger partial charge in [0, 0.05) is 58.4 Å². The second kappa shape index (κ2) is 9.46. The normalized spacial score (nSPS) is 18.9. The Morgan fingerprint density at radius 3 is 2.09 bits per heavy atom. The number of aryl methyl sites for hydroxylation is 1. The summed E-state index contributed by atoms with van der Waals surface area (Å²) in [6.45, 7) is 2.47. The summed E-state index contributed by atoms with van der Waals surface area (Å²) < 4.78 is 8.10. The van der Waals surface area contributed by atoms with Gasteiger partial charge in [-0.05, 0) is 66.2 Å². The molecule has 2 aromatic rings. The lowest BCUT2D eigenvalue weighted by atomic mass is 9.71. The Kier molecular flexibility index (Phi) is 6.56. The third-order valence-corrected chi connectivity index (χ3v) is 8.14. The first-order valence-corrected chi connectivity index (χ1v) is 13.4. The van der Waals surface area contributed by atoms with Gasteiger partial charge < -0.3 is 9.64 Å². The van der Waals surface area contributed by atoms with Crippen LogP contribution in [-0.2, 0) is 16.2 Å². The Morgan fingerprint density at radius 1 is 0.912 bits per heavy atom. The Labute approximate surface area is 217 Å². The molecule has 0 aromatic heterocycles. The van der Waals surface area contributed by atoms with Crippen LogP contribution in [0.15, 0.2) is 67.9 Å². The van der Waals surface area contributed by atoms with Gasteiger partial charge in [-0.3, -0.25) is 9.59 Å². The molecule has 34 heavy (non-hydrogen) atoms. The van der Waals surface area contributed by atoms with Gasteiger partial charge in [-0.25, -0.2) is 0 Å². The zero-order chi connectivity index (χ0) is 24.0. The number of carbonyl (C=O) groups excluding carboxylic acids is 2. The van der Waals surface area contributed by atoms with E-state index in [-0.39, 0.29) is 11.6 Å². The molecule has 0 spiro atoms. The highest BCUT2D eigenvalue weighted by Gasteiger charge is 2.43. The van der Waals surface area contributed by atoms with Crippen molar-refractivity contribution in [2.45, 2.75) is 58.0 Å². The van der Waals surface area contributed by atoms with E-state index in [1.807, 2.05) is 19.2 Å². The van der Waals surface area contributed by atoms with Crippen molar-refractivity contribution in [3.05, 3.63) is 84.6 Å². The first-order valence-electron chi connectivity index (χ1n) is 11.8. The van der Waals surface area contributed by atoms with Crippen LogP contribution in [0, 0.1) is 6.92 Å². The molecule has 2 aromatic carbocycles. The van der Waals surface area contributed by atoms with Crippen LogP contribution >= 0.6 is 31.9 Å². The van der Waals surface area contributed by atoms with Crippen LogP contribution in [0.2, 0.25) is 0 Å². The number of Topliss-reactive ketones (excluding diaryl/α,β-unsaturated/α-hetero) is 2. The van der Waals surface area contributed by atoms with Crippen molar-refractivity contribution < 1.29 is 14.3 Å². The Morgan fingerprint density at radius 2 is 1.50 bits per heavy atom. The lowest BCUT2D eigenvalue weighted by Gasteiger charge is -2.42. The highest BCUT2D eigenvalue weighted by molar-refractivity contribution is 9.11. The van der Waals surface area contributed by atoms with Gasteiger partial charge in [0.15, 0.2) is 11.6 Å². The highest BCUT2D eigenvalue weighted by atomic mass is 79.9. The largest absolute Gasteiger partial charge is 0.487 e. The van der Waals surface area contributed by atoms with Gasteiger partial charge >= 0.3 is 0 Å². The van der Waals surface area contributed by atoms with Gasteiger partial charge in [0.25, 0.3) is 0 Å². The molecular weight excluding hydrogens is 558 g/mol. The molecule has 5 rings (SSSR count). The van der Waals surface area contributed by atoms with Crippen molar-refractivity contribution >= 4 is 43.4 Å². The number of benzene rings is 2. The fourth-order valence-corrected chi connectivity index (χ4v) is 6.82. The summed E-state index contributed by atoms with van der Waals surface area (Å²) in [5, 5.41) is 0. The van der Waals surface area contributed by atoms with Crippen LogP contribution in [0.4, 0.5) is 0 Å². The van der Waals surface area contributed by atoms with Crippen LogP contribution in [0.25, 0.3) is 0 Å². The van der Waals surface area contributed by atoms with Crippen LogP contribution in [0.1, 0.15) is 61.1 Å². The van der Waals surface area contributed by atoms with E-state index in [0.717, 1.165) is 68.3 Å². The van der Waals surface area contributed by atoms with Crippen LogP contribution in [0.5, 0.6) is 5.75 Å². The van der Waals surface area contributed by atoms with Gasteiger partial charge in [-0.1, -0.05) is 45.8 Å². The number of allylic oxidation sites excluding steroid dienone is 4. The summed E-state index contributed by atoms with van der Waals surface area (Å²) in [4.78, 5) is 28.8. The predicted octanol–water partition coefficient (Wildman–Crippen LogP) is 7.14. The molecule has 0 atom stereocenters. The van der Waals surface area contributed by atoms with Gasteiger partial charge in [0.1, 0.15) is 12.4 Å². The number of ketones is 2. The van der Waals surface area contributed by atoms with Gasteiger partial charge in [0.2, 0.25) is 0 Å². The summed E-state index contributed by atoms with van der Waals surface area (Å²) in [7, 11) is 2.02. The Balaban J connectivity index is 1.66. The van der Waals surface area contributed by atoms with Crippen LogP contribution in [-0.4, -0.2) is 23.5 Å². The number of rotatable bonds is 4. The Bertz CT molecular complexity index is 1200. The highest BCUT2D eigenvalue weighted by Crippen LogP contribution is 2.52. The first-order chi connectivity index (χ1) is 16.3. The first kappa shape index (κ1) is 23.6. The molecule has 0 radical (unpaired) electrons. The minimum Gasteiger partial charge on any atom is -0.487 e. The zero-order valence-corrected chi connectivity index (χ0v) is 22.6. The Hall–Kier alpha value is -2.18. The summed E-state index contributed by atoms with van der Waals surface area (Å²) in [5.74, 6) is 0.574. The summed E-state index contributed by atoms with van der Waals surface area (Å²) >= 11 is 7.34. The van der Waals surface area contributed by atoms with E-state index in [2.05, 4.69) is 67.9 Å². The third kappa shape index (κ3) is 4.20. The topological polar surface area (TPSA) is 46.6 Å². The molecule has 4 nitrogen and oxygen atoms in total. The number of nitrogens with zero attached hydrogens (tertiary/aromatic N) is 1. The number of hydrogen-bond acceptors (Lipinski definition) is 4. The van der Waals surface area contributed by atoms with Crippen molar-refractivity contribution in [2.75, 3.05) is 7.05 Å². The van der Waals surface area contributed by atoms with Crippen LogP contribution in [0.3, 0.4) is 0 Å². The molecule has 6 heteroatoms. The van der Waals surface area contributed by atoms with Crippen molar-refractivity contribution in [2.24, 2.45) is 0 Å². The molecule has 0 N–H and O–H groups in total. The third-order valence-electron chi connectivity index (χ3n) is 7.10. The van der Waals surface area contributed by atoms with Gasteiger partial charge in [-0.2, -0.15) is 0 Å². The number of halogens is 2. The van der Waals surface area contributed by atoms with E-state index in [1.165, 1.54) is 5.56 Å². The summed E-state index contributed by atoms with van der Waals surface area (Å²) in [5.41, 5.74) is 6.81. The second-order valence-electron chi connectivity index (χ2n) is 9.35. The van der Waals surface area contributed by atoms with E-state index in [1.54, 1.807) is 0 Å². The predicted molar refractivity (Wildman–Crippen MR) is 140 cm³/mol. The minimum atomic E-state index is -0.399. The molecule has 3 aliphatic rings. The zero-order valence-electron chi connectivity index (χ0n) is 19.4. The molecule has 0 fully saturated rings. The minimum absolute atomic E-state index is 0.142. The molecule has 2 aliphatic carbocycles. The fourth-order valence-electron chi connectivity index (χ4n) is 5.45. The van der Waals surface area contributed by atoms with E-state index < -0.39 is 5.92 Å². The monoisotopic (exact) mass is 583 g/mol. The van der Waals surface area contributed by atoms with Gasteiger partial charge in [-0.15, -0.1) is 0 Å². The SMILES string of the molecule is Cc1ccc(COc2c(Br)cc(Br)cc2C2C3=C(CCCC3=O)N(C)C3=C2C(=O)CCC3)cc1. The van der Waals surface area contributed by atoms with Crippen molar-refractivity contribution in [1.29, 1.82) is 0 Å². The maximum absolute atomic E-state index is 13.3. The van der Waals surface area contributed by atoms with Gasteiger partial charge in [0.05, 0.1) is 4.47 Å². The average Bonchev–Trinajstić information content (AvgIpc) is 2.80. The number of hydrogen-bond donors (Lipinski definition) is 0. The maximum Gasteiger partial charge on any atom is 0.161 e. The number of carbonyl (C=O) groups is 2. The van der Waals surface area contributed by atoms with Crippen molar-refractivity contribution in [3.8, 4) is 5.75 Å². The summed E-state index contributed by atoms with van der Waals surface area (Å²) in [6.07, 6.45) is 4.46. The standard InChI is InChI=1S/C28H27Br2NO3/c1-16-9-11-17(12-10-16)15-34-28-19(13-18(29)14-20(28)30)25-26-21(5-3-7-23(26)32)31(2)22-6-4-8-24(33)27(22)25/h9-14,25H,3-8,15H2,1-2H3. The van der Waals surface area contributed by atoms with E-state index in [9.17, 15) is 9.59 Å². The lowest BCUT2D eigenvalue weighted by molar-refractivity contribution is -0.117. The maximum atomic E-state index is 13.3. The molecule has 0 bridgehead atoms. The molecule has 1 aliphatic heterocycles. The van der Waals surface area contributed by atoms with Crippen molar-refractivity contribution in [3.63, 3.8) is 0 Å². The number of ether oxygens (including phenoxy) is 1. The molecular formula is C28H27Br2NO3. The summed E-state index contributed by atoms with van der Waals surface area (Å²) in [6, 6.07) is 12.2.